The van der Waals surface area contributed by atoms with Crippen LogP contribution >= 0.6 is 0 Å². The number of fused-ring (bicyclic) bond motifs is 1. The van der Waals surface area contributed by atoms with E-state index in [9.17, 15) is 19.2 Å². The van der Waals surface area contributed by atoms with Crippen LogP contribution < -0.4 is 10.6 Å². The molecule has 0 bridgehead atoms. The van der Waals surface area contributed by atoms with E-state index in [0.29, 0.717) is 12.1 Å². The first-order valence-electron chi connectivity index (χ1n) is 10.0. The third-order valence-electron chi connectivity index (χ3n) is 5.05. The Balaban J connectivity index is 1.38. The number of carbonyl (C=O) groups excluding carboxylic acids is 4. The van der Waals surface area contributed by atoms with Crippen LogP contribution in [0.15, 0.2) is 73.1 Å². The van der Waals surface area contributed by atoms with Gasteiger partial charge in [0, 0.05) is 18.3 Å². The summed E-state index contributed by atoms with van der Waals surface area (Å²) < 4.78 is 0. The van der Waals surface area contributed by atoms with Gasteiger partial charge in [-0.1, -0.05) is 30.3 Å². The summed E-state index contributed by atoms with van der Waals surface area (Å²) in [6.45, 7) is 0.00724. The summed E-state index contributed by atoms with van der Waals surface area (Å²) >= 11 is 0. The van der Waals surface area contributed by atoms with E-state index in [-0.39, 0.29) is 35.7 Å². The fourth-order valence-electron chi connectivity index (χ4n) is 3.43. The Bertz CT molecular complexity index is 1180. The molecule has 3 aromatic rings. The lowest BCUT2D eigenvalue weighted by atomic mass is 10.1. The van der Waals surface area contributed by atoms with Gasteiger partial charge in [0.25, 0.3) is 17.7 Å². The van der Waals surface area contributed by atoms with E-state index in [0.717, 1.165) is 5.56 Å². The molecule has 0 unspecified atom stereocenters. The van der Waals surface area contributed by atoms with Crippen molar-refractivity contribution in [3.05, 3.63) is 95.3 Å². The summed E-state index contributed by atoms with van der Waals surface area (Å²) in [5.74, 6) is -1.73. The molecule has 2 heterocycles. The van der Waals surface area contributed by atoms with Crippen molar-refractivity contribution in [1.82, 2.24) is 15.2 Å². The highest BCUT2D eigenvalue weighted by Crippen LogP contribution is 2.24. The molecule has 8 nitrogen and oxygen atoms in total. The Morgan fingerprint density at radius 2 is 1.69 bits per heavy atom. The van der Waals surface area contributed by atoms with Crippen molar-refractivity contribution in [3.8, 4) is 0 Å². The Labute approximate surface area is 184 Å². The van der Waals surface area contributed by atoms with Crippen molar-refractivity contribution in [2.45, 2.75) is 6.42 Å². The average molecular weight is 428 g/mol. The number of nitrogens with one attached hydrogen (secondary N) is 2. The van der Waals surface area contributed by atoms with Gasteiger partial charge in [-0.3, -0.25) is 29.1 Å². The van der Waals surface area contributed by atoms with E-state index < -0.39 is 17.7 Å². The van der Waals surface area contributed by atoms with Gasteiger partial charge in [-0.05, 0) is 42.3 Å². The van der Waals surface area contributed by atoms with Crippen LogP contribution in [0.3, 0.4) is 0 Å². The van der Waals surface area contributed by atoms with Crippen LogP contribution in [0.4, 0.5) is 5.69 Å². The van der Waals surface area contributed by atoms with Crippen molar-refractivity contribution < 1.29 is 19.2 Å². The summed E-state index contributed by atoms with van der Waals surface area (Å²) in [6, 6.07) is 17.3. The van der Waals surface area contributed by atoms with E-state index in [4.69, 9.17) is 0 Å². The van der Waals surface area contributed by atoms with E-state index in [2.05, 4.69) is 15.6 Å². The molecule has 0 atom stereocenters. The second-order valence-corrected chi connectivity index (χ2v) is 7.23. The molecule has 0 spiro atoms. The monoisotopic (exact) mass is 428 g/mol. The van der Waals surface area contributed by atoms with Crippen LogP contribution in [0.2, 0.25) is 0 Å². The molecular weight excluding hydrogens is 408 g/mol. The lowest BCUT2D eigenvalue weighted by molar-refractivity contribution is -0.115. The van der Waals surface area contributed by atoms with Crippen LogP contribution in [0, 0.1) is 0 Å². The molecule has 8 heteroatoms. The quantitative estimate of drug-likeness (QED) is 0.562. The number of benzene rings is 2. The Kier molecular flexibility index (Phi) is 6.03. The maximum absolute atomic E-state index is 12.8. The van der Waals surface area contributed by atoms with E-state index in [1.165, 1.54) is 29.3 Å². The van der Waals surface area contributed by atoms with Gasteiger partial charge in [0.15, 0.2) is 0 Å². The number of hydrogen-bond donors (Lipinski definition) is 2. The van der Waals surface area contributed by atoms with Crippen LogP contribution in [0.1, 0.15) is 36.6 Å². The third kappa shape index (κ3) is 4.54. The molecule has 2 aromatic carbocycles. The average Bonchev–Trinajstić information content (AvgIpc) is 3.06. The second-order valence-electron chi connectivity index (χ2n) is 7.23. The first-order valence-corrected chi connectivity index (χ1v) is 10.0. The molecule has 1 aliphatic heterocycles. The van der Waals surface area contributed by atoms with Gasteiger partial charge in [-0.25, -0.2) is 0 Å². The van der Waals surface area contributed by atoms with Crippen molar-refractivity contribution in [2.24, 2.45) is 0 Å². The van der Waals surface area contributed by atoms with Gasteiger partial charge in [0.2, 0.25) is 5.91 Å². The molecule has 0 fully saturated rings. The zero-order chi connectivity index (χ0) is 22.5. The van der Waals surface area contributed by atoms with Crippen molar-refractivity contribution >= 4 is 29.3 Å². The standard InChI is InChI=1S/C24H20N4O4/c29-21(27-18-7-4-11-25-14-18)15-26-22(30)17-8-9-19-20(13-17)24(32)28(23(19)31)12-10-16-5-2-1-3-6-16/h1-9,11,13-14H,10,12,15H2,(H,26,30)(H,27,29). The largest absolute Gasteiger partial charge is 0.343 e. The number of imide groups is 1. The molecule has 4 rings (SSSR count). The van der Waals surface area contributed by atoms with Crippen molar-refractivity contribution in [1.29, 1.82) is 0 Å². The number of nitrogens with zero attached hydrogens (tertiary/aromatic N) is 2. The second kappa shape index (κ2) is 9.22. The summed E-state index contributed by atoms with van der Waals surface area (Å²) in [5.41, 5.74) is 2.20. The molecule has 0 radical (unpaired) electrons. The molecule has 0 saturated carbocycles. The molecule has 2 N–H and O–H groups in total. The number of amides is 4. The molecule has 1 aliphatic rings. The first-order chi connectivity index (χ1) is 15.5. The van der Waals surface area contributed by atoms with Gasteiger partial charge in [-0.15, -0.1) is 0 Å². The van der Waals surface area contributed by atoms with E-state index in [1.54, 1.807) is 18.3 Å². The minimum atomic E-state index is -0.517. The third-order valence-corrected chi connectivity index (χ3v) is 5.05. The van der Waals surface area contributed by atoms with E-state index in [1.807, 2.05) is 30.3 Å². The summed E-state index contributed by atoms with van der Waals surface area (Å²) in [7, 11) is 0. The summed E-state index contributed by atoms with van der Waals surface area (Å²) in [6.07, 6.45) is 3.62. The number of anilines is 1. The normalized spacial score (nSPS) is 12.4. The lowest BCUT2D eigenvalue weighted by Crippen LogP contribution is -2.33. The predicted molar refractivity (Wildman–Crippen MR) is 117 cm³/mol. The number of carbonyl (C=O) groups is 4. The van der Waals surface area contributed by atoms with Crippen molar-refractivity contribution in [3.63, 3.8) is 0 Å². The van der Waals surface area contributed by atoms with E-state index >= 15 is 0 Å². The summed E-state index contributed by atoms with van der Waals surface area (Å²) in [5, 5.41) is 5.13. The highest BCUT2D eigenvalue weighted by Gasteiger charge is 2.35. The SMILES string of the molecule is O=C(CNC(=O)c1ccc2c(c1)C(=O)N(CCc1ccccc1)C2=O)Nc1cccnc1. The number of hydrogen-bond acceptors (Lipinski definition) is 5. The molecule has 0 aliphatic carbocycles. The smallest absolute Gasteiger partial charge is 0.261 e. The van der Waals surface area contributed by atoms with Crippen LogP contribution in [-0.2, 0) is 11.2 Å². The Morgan fingerprint density at radius 3 is 2.44 bits per heavy atom. The highest BCUT2D eigenvalue weighted by molar-refractivity contribution is 6.22. The highest BCUT2D eigenvalue weighted by atomic mass is 16.2. The maximum Gasteiger partial charge on any atom is 0.261 e. The molecule has 4 amide bonds. The molecular formula is C24H20N4O4. The van der Waals surface area contributed by atoms with Crippen LogP contribution in [0.5, 0.6) is 0 Å². The molecule has 1 aromatic heterocycles. The predicted octanol–water partition coefficient (Wildman–Crippen LogP) is 2.29. The minimum Gasteiger partial charge on any atom is -0.343 e. The van der Waals surface area contributed by atoms with Crippen molar-refractivity contribution in [2.75, 3.05) is 18.4 Å². The lowest BCUT2D eigenvalue weighted by Gasteiger charge is -2.13. The zero-order valence-electron chi connectivity index (χ0n) is 17.1. The topological polar surface area (TPSA) is 108 Å². The Hall–Kier alpha value is -4.33. The zero-order valence-corrected chi connectivity index (χ0v) is 17.1. The fourth-order valence-corrected chi connectivity index (χ4v) is 3.43. The fraction of sp³-hybridized carbons (Fsp3) is 0.125. The van der Waals surface area contributed by atoms with Crippen LogP contribution in [-0.4, -0.2) is 46.6 Å². The Morgan fingerprint density at radius 1 is 0.906 bits per heavy atom. The number of pyridine rings is 1. The minimum absolute atomic E-state index is 0.190. The van der Waals surface area contributed by atoms with Gasteiger partial charge in [-0.2, -0.15) is 0 Å². The van der Waals surface area contributed by atoms with Gasteiger partial charge < -0.3 is 10.6 Å². The maximum atomic E-state index is 12.8. The van der Waals surface area contributed by atoms with Gasteiger partial charge in [0.1, 0.15) is 0 Å². The van der Waals surface area contributed by atoms with Gasteiger partial charge in [0.05, 0.1) is 29.6 Å². The first kappa shape index (κ1) is 20.9. The molecule has 160 valence electrons. The van der Waals surface area contributed by atoms with Gasteiger partial charge >= 0.3 is 0 Å². The molecule has 32 heavy (non-hydrogen) atoms. The molecule has 0 saturated heterocycles. The number of rotatable bonds is 7. The number of aromatic nitrogens is 1. The summed E-state index contributed by atoms with van der Waals surface area (Å²) in [4.78, 5) is 55.0. The van der Waals surface area contributed by atoms with Crippen LogP contribution in [0.25, 0.3) is 0 Å².